The number of carbonyl (C=O) groups excluding carboxylic acids is 1. The number of hydrogen-bond donors (Lipinski definition) is 1. The summed E-state index contributed by atoms with van der Waals surface area (Å²) >= 11 is 0. The van der Waals surface area contributed by atoms with Crippen LogP contribution in [0.15, 0.2) is 16.9 Å². The van der Waals surface area contributed by atoms with Crippen LogP contribution in [-0.4, -0.2) is 41.7 Å². The summed E-state index contributed by atoms with van der Waals surface area (Å²) in [5, 5.41) is 6.39. The molecule has 2 rings (SSSR count). The van der Waals surface area contributed by atoms with Gasteiger partial charge in [-0.2, -0.15) is 0 Å². The molecule has 5 nitrogen and oxygen atoms in total. The molecule has 0 bridgehead atoms. The lowest BCUT2D eigenvalue weighted by Gasteiger charge is -2.33. The summed E-state index contributed by atoms with van der Waals surface area (Å²) in [6.07, 6.45) is 3.85. The number of anilines is 1. The monoisotopic (exact) mass is 224 g/mol. The third-order valence-electron chi connectivity index (χ3n) is 3.57. The number of likely N-dealkylation sites (N-methyl/N-ethyl adjacent to an activating group) is 1. The molecule has 1 N–H and O–H groups in total. The molecule has 1 aromatic rings. The van der Waals surface area contributed by atoms with Crippen molar-refractivity contribution in [1.82, 2.24) is 5.16 Å². The van der Waals surface area contributed by atoms with Crippen molar-refractivity contribution in [2.75, 3.05) is 25.5 Å². The highest BCUT2D eigenvalue weighted by atomic mass is 16.5. The van der Waals surface area contributed by atoms with Crippen LogP contribution in [0.1, 0.15) is 19.8 Å². The second kappa shape index (κ2) is 4.25. The summed E-state index contributed by atoms with van der Waals surface area (Å²) in [6.45, 7) is 3.79. The molecule has 1 aliphatic heterocycles. The van der Waals surface area contributed by atoms with Gasteiger partial charge in [0.1, 0.15) is 6.26 Å². The van der Waals surface area contributed by atoms with E-state index in [1.165, 1.54) is 19.1 Å². The van der Waals surface area contributed by atoms with Crippen LogP contribution in [0.25, 0.3) is 0 Å². The summed E-state index contributed by atoms with van der Waals surface area (Å²) in [5.74, 6) is 0.494. The van der Waals surface area contributed by atoms with Gasteiger partial charge < -0.3 is 14.3 Å². The molecule has 1 fully saturated rings. The molecule has 1 aromatic heterocycles. The first-order valence-corrected chi connectivity index (χ1v) is 5.65. The van der Waals surface area contributed by atoms with Gasteiger partial charge in [-0.1, -0.05) is 5.16 Å². The van der Waals surface area contributed by atoms with E-state index >= 15 is 0 Å². The topological polar surface area (TPSA) is 55.1 Å². The minimum Gasteiger partial charge on any atom is -0.363 e. The highest BCUT2D eigenvalue weighted by Gasteiger charge is 2.36. The van der Waals surface area contributed by atoms with Crippen molar-refractivity contribution in [2.45, 2.75) is 25.8 Å². The van der Waals surface area contributed by atoms with Gasteiger partial charge in [0, 0.05) is 18.9 Å². The summed E-state index contributed by atoms with van der Waals surface area (Å²) in [5.41, 5.74) is 0. The molecule has 0 saturated carbocycles. The zero-order chi connectivity index (χ0) is 11.6. The fourth-order valence-corrected chi connectivity index (χ4v) is 2.30. The van der Waals surface area contributed by atoms with E-state index < -0.39 is 0 Å². The van der Waals surface area contributed by atoms with Gasteiger partial charge in [0.15, 0.2) is 12.4 Å². The third kappa shape index (κ3) is 2.24. The Morgan fingerprint density at radius 1 is 1.75 bits per heavy atom. The number of nitrogens with one attached hydrogen (secondary N) is 1. The molecular formula is C11H18N3O2+. The molecular weight excluding hydrogens is 206 g/mol. The zero-order valence-electron chi connectivity index (χ0n) is 9.77. The molecule has 2 heterocycles. The van der Waals surface area contributed by atoms with Crippen LogP contribution < -0.4 is 5.32 Å². The van der Waals surface area contributed by atoms with E-state index in [-0.39, 0.29) is 5.91 Å². The smallest absolute Gasteiger partial charge is 0.280 e. The summed E-state index contributed by atoms with van der Waals surface area (Å²) in [4.78, 5) is 11.8. The maximum atomic E-state index is 11.8. The van der Waals surface area contributed by atoms with Gasteiger partial charge in [-0.05, 0) is 6.92 Å². The van der Waals surface area contributed by atoms with Crippen LogP contribution in [0.5, 0.6) is 0 Å². The van der Waals surface area contributed by atoms with E-state index in [1.807, 2.05) is 0 Å². The highest BCUT2D eigenvalue weighted by Crippen LogP contribution is 2.23. The lowest BCUT2D eigenvalue weighted by Crippen LogP contribution is -2.51. The molecule has 2 atom stereocenters. The van der Waals surface area contributed by atoms with Crippen molar-refractivity contribution >= 4 is 11.7 Å². The van der Waals surface area contributed by atoms with Gasteiger partial charge in [-0.3, -0.25) is 4.79 Å². The summed E-state index contributed by atoms with van der Waals surface area (Å²) in [7, 11) is 2.14. The second-order valence-corrected chi connectivity index (χ2v) is 4.79. The Kier molecular flexibility index (Phi) is 2.96. The summed E-state index contributed by atoms with van der Waals surface area (Å²) < 4.78 is 5.48. The lowest BCUT2D eigenvalue weighted by molar-refractivity contribution is -0.911. The highest BCUT2D eigenvalue weighted by molar-refractivity contribution is 5.90. The molecule has 0 aromatic carbocycles. The molecule has 88 valence electrons. The summed E-state index contributed by atoms with van der Waals surface area (Å²) in [6, 6.07) is 2.20. The zero-order valence-corrected chi connectivity index (χ0v) is 9.77. The number of hydrogen-bond acceptors (Lipinski definition) is 3. The van der Waals surface area contributed by atoms with Gasteiger partial charge in [0.05, 0.1) is 19.6 Å². The SMILES string of the molecule is C[C@H]1CCC[N+]1(C)CC(=O)Nc1ccon1. The minimum atomic E-state index is 0.00477. The number of nitrogens with zero attached hydrogens (tertiary/aromatic N) is 2. The van der Waals surface area contributed by atoms with Crippen molar-refractivity contribution in [1.29, 1.82) is 0 Å². The Morgan fingerprint density at radius 3 is 3.12 bits per heavy atom. The van der Waals surface area contributed by atoms with E-state index in [4.69, 9.17) is 0 Å². The Morgan fingerprint density at radius 2 is 2.56 bits per heavy atom. The van der Waals surface area contributed by atoms with Crippen molar-refractivity contribution in [3.63, 3.8) is 0 Å². The van der Waals surface area contributed by atoms with Crippen molar-refractivity contribution < 1.29 is 13.8 Å². The molecule has 1 unspecified atom stereocenters. The minimum absolute atomic E-state index is 0.00477. The van der Waals surface area contributed by atoms with Gasteiger partial charge in [0.25, 0.3) is 5.91 Å². The molecule has 0 radical (unpaired) electrons. The maximum absolute atomic E-state index is 11.8. The number of rotatable bonds is 3. The van der Waals surface area contributed by atoms with Crippen molar-refractivity contribution in [3.8, 4) is 0 Å². The fourth-order valence-electron chi connectivity index (χ4n) is 2.30. The number of likely N-dealkylation sites (tertiary alicyclic amines) is 1. The first-order valence-electron chi connectivity index (χ1n) is 5.65. The quantitative estimate of drug-likeness (QED) is 0.786. The van der Waals surface area contributed by atoms with Gasteiger partial charge >= 0.3 is 0 Å². The first-order chi connectivity index (χ1) is 7.60. The Hall–Kier alpha value is -1.36. The van der Waals surface area contributed by atoms with Crippen LogP contribution in [0.2, 0.25) is 0 Å². The van der Waals surface area contributed by atoms with E-state index in [0.29, 0.717) is 18.4 Å². The Bertz CT molecular complexity index is 363. The van der Waals surface area contributed by atoms with Crippen LogP contribution in [-0.2, 0) is 4.79 Å². The largest absolute Gasteiger partial charge is 0.363 e. The Balaban J connectivity index is 1.92. The number of carbonyl (C=O) groups is 1. The molecule has 0 aliphatic carbocycles. The number of quaternary nitrogens is 1. The van der Waals surface area contributed by atoms with E-state index in [2.05, 4.69) is 29.0 Å². The van der Waals surface area contributed by atoms with E-state index in [9.17, 15) is 4.79 Å². The maximum Gasteiger partial charge on any atom is 0.280 e. The Labute approximate surface area is 95.0 Å². The van der Waals surface area contributed by atoms with Crippen molar-refractivity contribution in [2.24, 2.45) is 0 Å². The predicted octanol–water partition coefficient (Wildman–Crippen LogP) is 1.24. The molecule has 16 heavy (non-hydrogen) atoms. The fraction of sp³-hybridized carbons (Fsp3) is 0.636. The third-order valence-corrected chi connectivity index (χ3v) is 3.57. The van der Waals surface area contributed by atoms with Gasteiger partial charge in [-0.25, -0.2) is 0 Å². The molecule has 1 amide bonds. The normalized spacial score (nSPS) is 29.2. The van der Waals surface area contributed by atoms with E-state index in [1.54, 1.807) is 6.07 Å². The standard InChI is InChI=1S/C11H17N3O2/c1-9-4-3-6-14(9,2)8-11(15)12-10-5-7-16-13-10/h5,7,9H,3-4,6,8H2,1-2H3/p+1/t9-,14?/m0/s1. The first kappa shape index (κ1) is 11.1. The average molecular weight is 224 g/mol. The lowest BCUT2D eigenvalue weighted by atomic mass is 10.2. The molecule has 1 saturated heterocycles. The molecule has 1 aliphatic rings. The second-order valence-electron chi connectivity index (χ2n) is 4.79. The van der Waals surface area contributed by atoms with Crippen molar-refractivity contribution in [3.05, 3.63) is 12.3 Å². The van der Waals surface area contributed by atoms with Crippen LogP contribution >= 0.6 is 0 Å². The van der Waals surface area contributed by atoms with Crippen LogP contribution in [0.3, 0.4) is 0 Å². The number of aromatic nitrogens is 1. The number of amides is 1. The van der Waals surface area contributed by atoms with Gasteiger partial charge in [0.2, 0.25) is 0 Å². The van der Waals surface area contributed by atoms with Crippen LogP contribution in [0, 0.1) is 0 Å². The van der Waals surface area contributed by atoms with E-state index in [0.717, 1.165) is 11.0 Å². The van der Waals surface area contributed by atoms with Gasteiger partial charge in [-0.15, -0.1) is 0 Å². The average Bonchev–Trinajstić information content (AvgIpc) is 2.79. The molecule has 0 spiro atoms. The van der Waals surface area contributed by atoms with Crippen LogP contribution in [0.4, 0.5) is 5.82 Å². The predicted molar refractivity (Wildman–Crippen MR) is 59.7 cm³/mol. The molecule has 5 heteroatoms.